The fraction of sp³-hybridized carbons (Fsp3) is 0.160. The van der Waals surface area contributed by atoms with Gasteiger partial charge >= 0.3 is 0 Å². The second-order valence-electron chi connectivity index (χ2n) is 7.29. The van der Waals surface area contributed by atoms with Crippen LogP contribution in [0.25, 0.3) is 10.9 Å². The molecular formula is C25H23ClN2O. The Morgan fingerprint density at radius 2 is 1.76 bits per heavy atom. The van der Waals surface area contributed by atoms with Gasteiger partial charge in [0.1, 0.15) is 0 Å². The fourth-order valence-electron chi connectivity index (χ4n) is 3.84. The van der Waals surface area contributed by atoms with Gasteiger partial charge < -0.3 is 9.88 Å². The number of carbonyl (C=O) groups is 1. The molecular weight excluding hydrogens is 380 g/mol. The SMILES string of the molecule is Cn1cc(C(CC(=O)NCc2ccccc2)c2cccc(Cl)c2)c2ccccc21. The van der Waals surface area contributed by atoms with Gasteiger partial charge in [-0.2, -0.15) is 0 Å². The molecule has 3 nitrogen and oxygen atoms in total. The van der Waals surface area contributed by atoms with Crippen molar-refractivity contribution in [1.29, 1.82) is 0 Å². The number of halogens is 1. The van der Waals surface area contributed by atoms with E-state index in [4.69, 9.17) is 11.6 Å². The molecule has 4 aromatic rings. The fourth-order valence-corrected chi connectivity index (χ4v) is 4.03. The minimum absolute atomic E-state index is 0.0202. The monoisotopic (exact) mass is 402 g/mol. The molecule has 29 heavy (non-hydrogen) atoms. The number of hydrogen-bond acceptors (Lipinski definition) is 1. The summed E-state index contributed by atoms with van der Waals surface area (Å²) in [5.41, 5.74) is 4.42. The van der Waals surface area contributed by atoms with Crippen molar-refractivity contribution >= 4 is 28.4 Å². The first-order valence-corrected chi connectivity index (χ1v) is 10.1. The Kier molecular flexibility index (Phi) is 5.68. The first-order chi connectivity index (χ1) is 14.1. The molecule has 0 saturated carbocycles. The predicted molar refractivity (Wildman–Crippen MR) is 119 cm³/mol. The van der Waals surface area contributed by atoms with Gasteiger partial charge in [0.15, 0.2) is 0 Å². The van der Waals surface area contributed by atoms with Gasteiger partial charge in [0.05, 0.1) is 0 Å². The molecule has 0 fully saturated rings. The summed E-state index contributed by atoms with van der Waals surface area (Å²) in [4.78, 5) is 12.9. The molecule has 1 aromatic heterocycles. The van der Waals surface area contributed by atoms with E-state index >= 15 is 0 Å². The zero-order valence-electron chi connectivity index (χ0n) is 16.3. The molecule has 0 radical (unpaired) electrons. The van der Waals surface area contributed by atoms with Gasteiger partial charge in [-0.15, -0.1) is 0 Å². The van der Waals surface area contributed by atoms with Crippen molar-refractivity contribution in [2.24, 2.45) is 7.05 Å². The maximum atomic E-state index is 12.9. The van der Waals surface area contributed by atoms with Crippen LogP contribution in [0.4, 0.5) is 0 Å². The van der Waals surface area contributed by atoms with Crippen LogP contribution in [0.15, 0.2) is 85.1 Å². The molecule has 1 unspecified atom stereocenters. The number of para-hydroxylation sites is 1. The van der Waals surface area contributed by atoms with Gasteiger partial charge in [-0.3, -0.25) is 4.79 Å². The summed E-state index contributed by atoms with van der Waals surface area (Å²) in [5.74, 6) is -0.0534. The van der Waals surface area contributed by atoms with Crippen molar-refractivity contribution in [2.45, 2.75) is 18.9 Å². The number of nitrogens with zero attached hydrogens (tertiary/aromatic N) is 1. The number of rotatable bonds is 6. The molecule has 0 aliphatic carbocycles. The Hall–Kier alpha value is -3.04. The first kappa shape index (κ1) is 19.3. The van der Waals surface area contributed by atoms with Crippen LogP contribution < -0.4 is 5.32 Å². The molecule has 3 aromatic carbocycles. The van der Waals surface area contributed by atoms with Crippen molar-refractivity contribution < 1.29 is 4.79 Å². The number of fused-ring (bicyclic) bond motifs is 1. The summed E-state index contributed by atoms with van der Waals surface area (Å²) < 4.78 is 2.12. The van der Waals surface area contributed by atoms with E-state index < -0.39 is 0 Å². The average molecular weight is 403 g/mol. The van der Waals surface area contributed by atoms with Gasteiger partial charge in [0.2, 0.25) is 5.91 Å². The van der Waals surface area contributed by atoms with E-state index in [2.05, 4.69) is 28.2 Å². The van der Waals surface area contributed by atoms with Crippen molar-refractivity contribution in [3.8, 4) is 0 Å². The Balaban J connectivity index is 1.65. The molecule has 0 bridgehead atoms. The summed E-state index contributed by atoms with van der Waals surface area (Å²) in [7, 11) is 2.04. The smallest absolute Gasteiger partial charge is 0.221 e. The molecule has 1 amide bonds. The summed E-state index contributed by atoms with van der Waals surface area (Å²) in [5, 5.41) is 4.90. The topological polar surface area (TPSA) is 34.0 Å². The quantitative estimate of drug-likeness (QED) is 0.443. The van der Waals surface area contributed by atoms with Crippen molar-refractivity contribution in [1.82, 2.24) is 9.88 Å². The lowest BCUT2D eigenvalue weighted by atomic mass is 9.88. The molecule has 4 rings (SSSR count). The highest BCUT2D eigenvalue weighted by molar-refractivity contribution is 6.30. The molecule has 0 saturated heterocycles. The highest BCUT2D eigenvalue weighted by atomic mass is 35.5. The second-order valence-corrected chi connectivity index (χ2v) is 7.72. The van der Waals surface area contributed by atoms with Crippen LogP contribution in [0.5, 0.6) is 0 Å². The summed E-state index contributed by atoms with van der Waals surface area (Å²) in [6, 6.07) is 26.1. The van der Waals surface area contributed by atoms with Crippen LogP contribution in [0.1, 0.15) is 29.0 Å². The van der Waals surface area contributed by atoms with Crippen molar-refractivity contribution in [2.75, 3.05) is 0 Å². The van der Waals surface area contributed by atoms with Gasteiger partial charge in [0.25, 0.3) is 0 Å². The lowest BCUT2D eigenvalue weighted by molar-refractivity contribution is -0.121. The Morgan fingerprint density at radius 1 is 1.00 bits per heavy atom. The van der Waals surface area contributed by atoms with Gasteiger partial charge in [-0.05, 0) is 34.9 Å². The maximum Gasteiger partial charge on any atom is 0.221 e. The zero-order valence-corrected chi connectivity index (χ0v) is 17.1. The number of nitrogens with one attached hydrogen (secondary N) is 1. The lowest BCUT2D eigenvalue weighted by Crippen LogP contribution is -2.25. The van der Waals surface area contributed by atoms with E-state index in [1.165, 1.54) is 0 Å². The molecule has 1 atom stereocenters. The van der Waals surface area contributed by atoms with Crippen LogP contribution in [0, 0.1) is 0 Å². The normalized spacial score (nSPS) is 12.1. The van der Waals surface area contributed by atoms with E-state index in [0.717, 1.165) is 27.6 Å². The summed E-state index contributed by atoms with van der Waals surface area (Å²) >= 11 is 6.27. The number of carbonyl (C=O) groups excluding carboxylic acids is 1. The number of aryl methyl sites for hydroxylation is 1. The van der Waals surface area contributed by atoms with E-state index in [-0.39, 0.29) is 11.8 Å². The van der Waals surface area contributed by atoms with Gasteiger partial charge in [-0.25, -0.2) is 0 Å². The van der Waals surface area contributed by atoms with Gasteiger partial charge in [0, 0.05) is 48.1 Å². The molecule has 0 spiro atoms. The second kappa shape index (κ2) is 8.54. The molecule has 1 N–H and O–H groups in total. The molecule has 146 valence electrons. The summed E-state index contributed by atoms with van der Waals surface area (Å²) in [6.45, 7) is 0.525. The number of hydrogen-bond donors (Lipinski definition) is 1. The molecule has 0 aliphatic rings. The lowest BCUT2D eigenvalue weighted by Gasteiger charge is -2.18. The third kappa shape index (κ3) is 4.36. The van der Waals surface area contributed by atoms with Gasteiger partial charge in [-0.1, -0.05) is 72.3 Å². The highest BCUT2D eigenvalue weighted by Crippen LogP contribution is 2.35. The van der Waals surface area contributed by atoms with Crippen LogP contribution in [0.2, 0.25) is 5.02 Å². The minimum atomic E-state index is -0.0735. The first-order valence-electron chi connectivity index (χ1n) is 9.72. The van der Waals surface area contributed by atoms with E-state index in [0.29, 0.717) is 18.0 Å². The van der Waals surface area contributed by atoms with Crippen LogP contribution >= 0.6 is 11.6 Å². The van der Waals surface area contributed by atoms with E-state index in [1.807, 2.05) is 73.8 Å². The van der Waals surface area contributed by atoms with Crippen molar-refractivity contribution in [3.05, 3.63) is 107 Å². The Morgan fingerprint density at radius 3 is 2.55 bits per heavy atom. The standard InChI is InChI=1S/C25H23ClN2O/c1-28-17-23(21-12-5-6-13-24(21)28)22(19-10-7-11-20(26)14-19)15-25(29)27-16-18-8-3-2-4-9-18/h2-14,17,22H,15-16H2,1H3,(H,27,29). The van der Waals surface area contributed by atoms with Crippen LogP contribution in [-0.2, 0) is 18.4 Å². The predicted octanol–water partition coefficient (Wildman–Crippen LogP) is 5.67. The minimum Gasteiger partial charge on any atom is -0.352 e. The Labute approximate surface area is 175 Å². The maximum absolute atomic E-state index is 12.9. The number of amides is 1. The average Bonchev–Trinajstić information content (AvgIpc) is 3.08. The molecule has 4 heteroatoms. The third-order valence-corrected chi connectivity index (χ3v) is 5.51. The summed E-state index contributed by atoms with van der Waals surface area (Å²) in [6.07, 6.45) is 2.49. The Bertz CT molecular complexity index is 1130. The largest absolute Gasteiger partial charge is 0.352 e. The molecule has 0 aliphatic heterocycles. The zero-order chi connectivity index (χ0) is 20.2. The van der Waals surface area contributed by atoms with E-state index in [9.17, 15) is 4.79 Å². The van der Waals surface area contributed by atoms with E-state index in [1.54, 1.807) is 0 Å². The number of aromatic nitrogens is 1. The highest BCUT2D eigenvalue weighted by Gasteiger charge is 2.22. The third-order valence-electron chi connectivity index (χ3n) is 5.28. The molecule has 1 heterocycles. The number of benzene rings is 3. The van der Waals surface area contributed by atoms with Crippen LogP contribution in [0.3, 0.4) is 0 Å². The van der Waals surface area contributed by atoms with Crippen LogP contribution in [-0.4, -0.2) is 10.5 Å². The van der Waals surface area contributed by atoms with Crippen molar-refractivity contribution in [3.63, 3.8) is 0 Å².